The molecule has 0 aliphatic carbocycles. The van der Waals surface area contributed by atoms with Gasteiger partial charge >= 0.3 is 5.69 Å². The number of nitro benzene ring substituents is 1. The maximum absolute atomic E-state index is 13.2. The van der Waals surface area contributed by atoms with Gasteiger partial charge in [0.15, 0.2) is 5.75 Å². The molecule has 0 aliphatic heterocycles. The van der Waals surface area contributed by atoms with Crippen molar-refractivity contribution in [3.05, 3.63) is 94.5 Å². The van der Waals surface area contributed by atoms with Gasteiger partial charge in [-0.25, -0.2) is 13.8 Å². The fraction of sp³-hybridized carbons (Fsp3) is 0.0909. The first-order valence-corrected chi connectivity index (χ1v) is 11.0. The van der Waals surface area contributed by atoms with Crippen LogP contribution in [0.15, 0.2) is 88.9 Å². The third-order valence-corrected chi connectivity index (χ3v) is 6.25. The Labute approximate surface area is 190 Å². The maximum atomic E-state index is 13.2. The van der Waals surface area contributed by atoms with Crippen LogP contribution in [0, 0.1) is 10.1 Å². The number of nitro groups is 1. The van der Waals surface area contributed by atoms with Gasteiger partial charge < -0.3 is 4.74 Å². The van der Waals surface area contributed by atoms with Crippen LogP contribution in [0.3, 0.4) is 0 Å². The van der Waals surface area contributed by atoms with Crippen LogP contribution in [0.1, 0.15) is 5.56 Å². The number of hydrazone groups is 1. The number of benzene rings is 3. The predicted octanol–water partition coefficient (Wildman–Crippen LogP) is 2.95. The molecule has 1 N–H and O–H groups in total. The average Bonchev–Trinajstić information content (AvgIpc) is 2.83. The van der Waals surface area contributed by atoms with Crippen LogP contribution in [0.4, 0.5) is 11.4 Å². The first-order valence-electron chi connectivity index (χ1n) is 9.60. The highest BCUT2D eigenvalue weighted by molar-refractivity contribution is 7.92. The number of nitrogens with one attached hydrogen (secondary N) is 1. The van der Waals surface area contributed by atoms with Gasteiger partial charge in [-0.2, -0.15) is 5.10 Å². The second kappa shape index (κ2) is 10.4. The van der Waals surface area contributed by atoms with Crippen LogP contribution in [-0.2, 0) is 14.8 Å². The van der Waals surface area contributed by atoms with E-state index in [9.17, 15) is 23.3 Å². The summed E-state index contributed by atoms with van der Waals surface area (Å²) in [7, 11) is -2.70. The molecule has 3 aromatic carbocycles. The lowest BCUT2D eigenvalue weighted by Crippen LogP contribution is -2.39. The summed E-state index contributed by atoms with van der Waals surface area (Å²) in [6.45, 7) is -0.526. The van der Waals surface area contributed by atoms with Gasteiger partial charge in [-0.15, -0.1) is 0 Å². The lowest BCUT2D eigenvalue weighted by atomic mass is 10.2. The molecule has 11 heteroatoms. The highest BCUT2D eigenvalue weighted by Crippen LogP contribution is 2.27. The molecule has 0 heterocycles. The molecule has 0 saturated carbocycles. The number of methoxy groups -OCH3 is 1. The number of hydrogen-bond acceptors (Lipinski definition) is 7. The van der Waals surface area contributed by atoms with Gasteiger partial charge in [0.25, 0.3) is 15.9 Å². The first kappa shape index (κ1) is 23.4. The van der Waals surface area contributed by atoms with E-state index in [2.05, 4.69) is 10.5 Å². The minimum Gasteiger partial charge on any atom is -0.490 e. The molecule has 0 bridgehead atoms. The molecule has 0 fully saturated rings. The zero-order valence-corrected chi connectivity index (χ0v) is 18.3. The summed E-state index contributed by atoms with van der Waals surface area (Å²) in [6, 6.07) is 20.1. The number of para-hydroxylation sites is 1. The molecule has 0 aliphatic rings. The quantitative estimate of drug-likeness (QED) is 0.292. The molecule has 3 rings (SSSR count). The summed E-state index contributed by atoms with van der Waals surface area (Å²) < 4.78 is 32.2. The van der Waals surface area contributed by atoms with Crippen LogP contribution < -0.4 is 14.5 Å². The van der Waals surface area contributed by atoms with Crippen molar-refractivity contribution in [3.8, 4) is 5.75 Å². The molecule has 0 saturated heterocycles. The number of carbonyl (C=O) groups excluding carboxylic acids is 1. The van der Waals surface area contributed by atoms with E-state index in [1.165, 1.54) is 43.7 Å². The molecule has 1 amide bonds. The van der Waals surface area contributed by atoms with Gasteiger partial charge in [0.05, 0.1) is 28.8 Å². The zero-order valence-electron chi connectivity index (χ0n) is 17.5. The van der Waals surface area contributed by atoms with Crippen molar-refractivity contribution in [1.82, 2.24) is 5.43 Å². The summed E-state index contributed by atoms with van der Waals surface area (Å²) in [5, 5.41) is 14.9. The van der Waals surface area contributed by atoms with Crippen LogP contribution in [-0.4, -0.2) is 39.1 Å². The van der Waals surface area contributed by atoms with Crippen molar-refractivity contribution in [2.24, 2.45) is 5.10 Å². The van der Waals surface area contributed by atoms with Crippen molar-refractivity contribution >= 4 is 33.5 Å². The Bertz CT molecular complexity index is 1260. The van der Waals surface area contributed by atoms with E-state index >= 15 is 0 Å². The number of hydrogen-bond donors (Lipinski definition) is 1. The van der Waals surface area contributed by atoms with E-state index in [0.29, 0.717) is 11.3 Å². The molecule has 0 aromatic heterocycles. The van der Waals surface area contributed by atoms with Crippen LogP contribution >= 0.6 is 0 Å². The van der Waals surface area contributed by atoms with E-state index in [4.69, 9.17) is 4.74 Å². The Balaban J connectivity index is 1.78. The molecule has 170 valence electrons. The van der Waals surface area contributed by atoms with Crippen LogP contribution in [0.25, 0.3) is 0 Å². The summed E-state index contributed by atoms with van der Waals surface area (Å²) >= 11 is 0. The Kier molecular flexibility index (Phi) is 7.36. The Morgan fingerprint density at radius 3 is 2.33 bits per heavy atom. The number of rotatable bonds is 9. The molecular weight excluding hydrogens is 448 g/mol. The number of nitrogens with zero attached hydrogens (tertiary/aromatic N) is 3. The van der Waals surface area contributed by atoms with E-state index < -0.39 is 27.4 Å². The highest BCUT2D eigenvalue weighted by atomic mass is 32.2. The summed E-state index contributed by atoms with van der Waals surface area (Å²) in [5.74, 6) is -0.608. The topological polar surface area (TPSA) is 131 Å². The van der Waals surface area contributed by atoms with Gasteiger partial charge in [0.1, 0.15) is 6.54 Å². The number of anilines is 1. The monoisotopic (exact) mass is 468 g/mol. The van der Waals surface area contributed by atoms with Crippen molar-refractivity contribution in [1.29, 1.82) is 0 Å². The molecule has 3 aromatic rings. The molecule has 0 atom stereocenters. The fourth-order valence-electron chi connectivity index (χ4n) is 2.90. The van der Waals surface area contributed by atoms with Crippen LogP contribution in [0.5, 0.6) is 5.75 Å². The average molecular weight is 468 g/mol. The van der Waals surface area contributed by atoms with Crippen LogP contribution in [0.2, 0.25) is 0 Å². The minimum absolute atomic E-state index is 0.0377. The summed E-state index contributed by atoms with van der Waals surface area (Å²) in [4.78, 5) is 23.1. The molecule has 10 nitrogen and oxygen atoms in total. The number of ether oxygens (including phenoxy) is 1. The predicted molar refractivity (Wildman–Crippen MR) is 123 cm³/mol. The highest BCUT2D eigenvalue weighted by Gasteiger charge is 2.26. The minimum atomic E-state index is -4.02. The van der Waals surface area contributed by atoms with Crippen molar-refractivity contribution in [2.45, 2.75) is 4.90 Å². The van der Waals surface area contributed by atoms with E-state index in [1.54, 1.807) is 48.5 Å². The standard InChI is InChI=1S/C22H20N4O6S/c1-32-21-13-12-17(14-20(21)26(28)29)15-23-24-22(27)16-25(18-8-4-2-5-9-18)33(30,31)19-10-6-3-7-11-19/h2-15H,16H2,1H3,(H,24,27)/b23-15-. The van der Waals surface area contributed by atoms with Crippen molar-refractivity contribution in [3.63, 3.8) is 0 Å². The number of sulfonamides is 1. The third-order valence-electron chi connectivity index (χ3n) is 4.47. The molecule has 0 spiro atoms. The Hall–Kier alpha value is -4.25. The van der Waals surface area contributed by atoms with Gasteiger partial charge in [-0.05, 0) is 36.4 Å². The summed E-state index contributed by atoms with van der Waals surface area (Å²) in [5.41, 5.74) is 2.66. The molecule has 0 radical (unpaired) electrons. The lowest BCUT2D eigenvalue weighted by molar-refractivity contribution is -0.385. The van der Waals surface area contributed by atoms with Gasteiger partial charge in [0.2, 0.25) is 0 Å². The number of carbonyl (C=O) groups is 1. The maximum Gasteiger partial charge on any atom is 0.311 e. The van der Waals surface area contributed by atoms with Gasteiger partial charge in [0, 0.05) is 11.6 Å². The number of amides is 1. The van der Waals surface area contributed by atoms with E-state index in [-0.39, 0.29) is 16.3 Å². The Morgan fingerprint density at radius 1 is 1.09 bits per heavy atom. The normalized spacial score (nSPS) is 11.2. The first-order chi connectivity index (χ1) is 15.8. The van der Waals surface area contributed by atoms with E-state index in [1.807, 2.05) is 0 Å². The smallest absolute Gasteiger partial charge is 0.311 e. The second-order valence-corrected chi connectivity index (χ2v) is 8.50. The summed E-state index contributed by atoms with van der Waals surface area (Å²) in [6.07, 6.45) is 1.21. The van der Waals surface area contributed by atoms with E-state index in [0.717, 1.165) is 4.31 Å². The molecule has 0 unspecified atom stereocenters. The SMILES string of the molecule is COc1ccc(/C=N\NC(=O)CN(c2ccccc2)S(=O)(=O)c2ccccc2)cc1[N+](=O)[O-]. The second-order valence-electron chi connectivity index (χ2n) is 6.64. The third kappa shape index (κ3) is 5.71. The largest absolute Gasteiger partial charge is 0.490 e. The zero-order chi connectivity index (χ0) is 23.8. The van der Waals surface area contributed by atoms with Crippen molar-refractivity contribution in [2.75, 3.05) is 18.0 Å². The lowest BCUT2D eigenvalue weighted by Gasteiger charge is -2.23. The molecule has 33 heavy (non-hydrogen) atoms. The molecular formula is C22H20N4O6S. The fourth-order valence-corrected chi connectivity index (χ4v) is 4.35. The van der Waals surface area contributed by atoms with Crippen molar-refractivity contribution < 1.29 is 22.9 Å². The van der Waals surface area contributed by atoms with Gasteiger partial charge in [-0.3, -0.25) is 19.2 Å². The van der Waals surface area contributed by atoms with Gasteiger partial charge in [-0.1, -0.05) is 36.4 Å². The Morgan fingerprint density at radius 2 is 1.73 bits per heavy atom.